The summed E-state index contributed by atoms with van der Waals surface area (Å²) in [5.74, 6) is 0.617. The minimum atomic E-state index is -0.379. The van der Waals surface area contributed by atoms with Crippen molar-refractivity contribution in [3.63, 3.8) is 0 Å². The van der Waals surface area contributed by atoms with Crippen LogP contribution in [0.1, 0.15) is 69.8 Å². The average Bonchev–Trinajstić information content (AvgIpc) is 2.85. The predicted molar refractivity (Wildman–Crippen MR) is 142 cm³/mol. The van der Waals surface area contributed by atoms with Crippen LogP contribution in [0, 0.1) is 6.92 Å². The Labute approximate surface area is 212 Å². The highest BCUT2D eigenvalue weighted by molar-refractivity contribution is 6.30. The summed E-state index contributed by atoms with van der Waals surface area (Å²) in [6.07, 6.45) is 5.19. The van der Waals surface area contributed by atoms with E-state index < -0.39 is 0 Å². The van der Waals surface area contributed by atoms with Crippen molar-refractivity contribution in [2.24, 2.45) is 0 Å². The fraction of sp³-hybridized carbons (Fsp3) is 0.464. The van der Waals surface area contributed by atoms with Gasteiger partial charge in [0.15, 0.2) is 0 Å². The lowest BCUT2D eigenvalue weighted by molar-refractivity contribution is -0.135. The number of hydrogen-bond acceptors (Lipinski definition) is 4. The Morgan fingerprint density at radius 1 is 1.14 bits per heavy atom. The largest absolute Gasteiger partial charge is 0.383 e. The second-order valence-electron chi connectivity index (χ2n) is 8.87. The van der Waals surface area contributed by atoms with Gasteiger partial charge in [0.05, 0.1) is 29.2 Å². The Morgan fingerprint density at radius 3 is 2.60 bits per heavy atom. The first-order valence-corrected chi connectivity index (χ1v) is 12.9. The summed E-state index contributed by atoms with van der Waals surface area (Å²) < 4.78 is 7.00. The third-order valence-electron chi connectivity index (χ3n) is 6.36. The van der Waals surface area contributed by atoms with E-state index in [1.807, 2.05) is 49.1 Å². The van der Waals surface area contributed by atoms with Crippen molar-refractivity contribution in [3.8, 4) is 5.69 Å². The van der Waals surface area contributed by atoms with Gasteiger partial charge in [-0.3, -0.25) is 14.2 Å². The molecule has 0 radical (unpaired) electrons. The van der Waals surface area contributed by atoms with E-state index in [2.05, 4.69) is 6.92 Å². The lowest BCUT2D eigenvalue weighted by Crippen LogP contribution is -2.40. The number of hydrogen-bond donors (Lipinski definition) is 0. The van der Waals surface area contributed by atoms with Gasteiger partial charge in [-0.25, -0.2) is 4.98 Å². The van der Waals surface area contributed by atoms with Crippen molar-refractivity contribution in [1.29, 1.82) is 0 Å². The first kappa shape index (κ1) is 26.9. The monoisotopic (exact) mass is 497 g/mol. The standard InChI is InChI=1S/C28H36ClN3O3/c1-5-7-8-9-14-26(33)31(17-18-35-4)24(6-2)27-30-23-13-11-10-12-22(23)28(34)32(27)25-16-15-21(29)19-20(25)3/h10-13,15-16,19,24H,5-9,14,17-18H2,1-4H3. The van der Waals surface area contributed by atoms with Gasteiger partial charge in [-0.2, -0.15) is 0 Å². The van der Waals surface area contributed by atoms with Gasteiger partial charge >= 0.3 is 0 Å². The molecular formula is C28H36ClN3O3. The Bertz CT molecular complexity index is 1210. The van der Waals surface area contributed by atoms with Crippen LogP contribution in [0.5, 0.6) is 0 Å². The zero-order valence-electron chi connectivity index (χ0n) is 21.2. The number of ether oxygens (including phenoxy) is 1. The van der Waals surface area contributed by atoms with Crippen LogP contribution in [0.15, 0.2) is 47.3 Å². The summed E-state index contributed by atoms with van der Waals surface area (Å²) in [6.45, 7) is 6.95. The van der Waals surface area contributed by atoms with Crippen LogP contribution >= 0.6 is 11.6 Å². The predicted octanol–water partition coefficient (Wildman–Crippen LogP) is 6.24. The number of aromatic nitrogens is 2. The number of methoxy groups -OCH3 is 1. The van der Waals surface area contributed by atoms with E-state index in [-0.39, 0.29) is 17.5 Å². The summed E-state index contributed by atoms with van der Waals surface area (Å²) in [7, 11) is 1.63. The molecule has 1 aromatic heterocycles. The molecule has 3 rings (SSSR count). The van der Waals surface area contributed by atoms with Gasteiger partial charge in [0.2, 0.25) is 5.91 Å². The molecule has 6 nitrogen and oxygen atoms in total. The maximum Gasteiger partial charge on any atom is 0.266 e. The number of para-hydroxylation sites is 1. The molecule has 2 aromatic carbocycles. The molecule has 1 heterocycles. The van der Waals surface area contributed by atoms with Gasteiger partial charge in [0, 0.05) is 25.1 Å². The van der Waals surface area contributed by atoms with Gasteiger partial charge in [0.25, 0.3) is 5.56 Å². The van der Waals surface area contributed by atoms with Gasteiger partial charge < -0.3 is 9.64 Å². The van der Waals surface area contributed by atoms with Crippen LogP contribution in [0.25, 0.3) is 16.6 Å². The molecule has 1 unspecified atom stereocenters. The molecule has 0 aliphatic carbocycles. The summed E-state index contributed by atoms with van der Waals surface area (Å²) in [4.78, 5) is 34.1. The lowest BCUT2D eigenvalue weighted by Gasteiger charge is -2.32. The number of unbranched alkanes of at least 4 members (excludes halogenated alkanes) is 3. The lowest BCUT2D eigenvalue weighted by atomic mass is 10.1. The topological polar surface area (TPSA) is 64.4 Å². The quantitative estimate of drug-likeness (QED) is 0.278. The van der Waals surface area contributed by atoms with Crippen molar-refractivity contribution in [3.05, 3.63) is 69.2 Å². The number of benzene rings is 2. The minimum absolute atomic E-state index is 0.0618. The number of fused-ring (bicyclic) bond motifs is 1. The number of halogens is 1. The molecule has 0 saturated heterocycles. The maximum absolute atomic E-state index is 13.8. The van der Waals surface area contributed by atoms with E-state index >= 15 is 0 Å². The summed E-state index contributed by atoms with van der Waals surface area (Å²) >= 11 is 6.22. The smallest absolute Gasteiger partial charge is 0.266 e. The van der Waals surface area contributed by atoms with E-state index in [1.165, 1.54) is 0 Å². The van der Waals surface area contributed by atoms with Crippen molar-refractivity contribution >= 4 is 28.4 Å². The Balaban J connectivity index is 2.17. The highest BCUT2D eigenvalue weighted by Gasteiger charge is 2.29. The van der Waals surface area contributed by atoms with Crippen molar-refractivity contribution in [1.82, 2.24) is 14.5 Å². The van der Waals surface area contributed by atoms with Crippen LogP contribution in [-0.2, 0) is 9.53 Å². The molecule has 0 aliphatic rings. The molecule has 7 heteroatoms. The molecular weight excluding hydrogens is 462 g/mol. The number of carbonyl (C=O) groups excluding carboxylic acids is 1. The third-order valence-corrected chi connectivity index (χ3v) is 6.60. The molecule has 0 N–H and O–H groups in total. The summed E-state index contributed by atoms with van der Waals surface area (Å²) in [6, 6.07) is 12.4. The van der Waals surface area contributed by atoms with Crippen LogP contribution < -0.4 is 5.56 Å². The van der Waals surface area contributed by atoms with Crippen molar-refractivity contribution < 1.29 is 9.53 Å². The fourth-order valence-electron chi connectivity index (χ4n) is 4.51. The van der Waals surface area contributed by atoms with E-state index in [0.29, 0.717) is 53.4 Å². The number of nitrogens with zero attached hydrogens (tertiary/aromatic N) is 3. The van der Waals surface area contributed by atoms with Crippen molar-refractivity contribution in [2.45, 2.75) is 65.3 Å². The normalized spacial score (nSPS) is 12.1. The van der Waals surface area contributed by atoms with E-state index in [9.17, 15) is 9.59 Å². The molecule has 0 saturated carbocycles. The molecule has 0 aliphatic heterocycles. The molecule has 1 amide bonds. The number of rotatable bonds is 12. The second-order valence-corrected chi connectivity index (χ2v) is 9.31. The molecule has 0 bridgehead atoms. The number of amides is 1. The second kappa shape index (κ2) is 12.8. The molecule has 188 valence electrons. The molecule has 0 spiro atoms. The average molecular weight is 498 g/mol. The Hall–Kier alpha value is -2.70. The highest BCUT2D eigenvalue weighted by Crippen LogP contribution is 2.28. The SMILES string of the molecule is CCCCCCC(=O)N(CCOC)C(CC)c1nc2ccccc2c(=O)n1-c1ccc(Cl)cc1C. The van der Waals surface area contributed by atoms with Crippen LogP contribution in [0.2, 0.25) is 5.02 Å². The first-order chi connectivity index (χ1) is 16.9. The van der Waals surface area contributed by atoms with Crippen molar-refractivity contribution in [2.75, 3.05) is 20.3 Å². The Morgan fingerprint density at radius 2 is 1.91 bits per heavy atom. The molecule has 35 heavy (non-hydrogen) atoms. The van der Waals surface area contributed by atoms with E-state index in [4.69, 9.17) is 21.3 Å². The van der Waals surface area contributed by atoms with Crippen LogP contribution in [0.4, 0.5) is 0 Å². The molecule has 1 atom stereocenters. The van der Waals surface area contributed by atoms with Gasteiger partial charge in [0.1, 0.15) is 5.82 Å². The summed E-state index contributed by atoms with van der Waals surface area (Å²) in [5.41, 5.74) is 2.04. The third kappa shape index (κ3) is 6.30. The Kier molecular flexibility index (Phi) is 9.87. The van der Waals surface area contributed by atoms with Gasteiger partial charge in [-0.15, -0.1) is 0 Å². The van der Waals surface area contributed by atoms with E-state index in [1.54, 1.807) is 23.8 Å². The zero-order valence-corrected chi connectivity index (χ0v) is 22.0. The number of aryl methyl sites for hydroxylation is 1. The number of carbonyl (C=O) groups is 1. The van der Waals surface area contributed by atoms with Crippen LogP contribution in [0.3, 0.4) is 0 Å². The highest BCUT2D eigenvalue weighted by atomic mass is 35.5. The fourth-order valence-corrected chi connectivity index (χ4v) is 4.74. The summed E-state index contributed by atoms with van der Waals surface area (Å²) in [5, 5.41) is 1.14. The van der Waals surface area contributed by atoms with Gasteiger partial charge in [-0.1, -0.05) is 56.8 Å². The molecule has 0 fully saturated rings. The maximum atomic E-state index is 13.8. The van der Waals surface area contributed by atoms with Gasteiger partial charge in [-0.05, 0) is 55.7 Å². The molecule has 3 aromatic rings. The first-order valence-electron chi connectivity index (χ1n) is 12.5. The van der Waals surface area contributed by atoms with Crippen LogP contribution in [-0.4, -0.2) is 40.6 Å². The minimum Gasteiger partial charge on any atom is -0.383 e. The van der Waals surface area contributed by atoms with E-state index in [0.717, 1.165) is 31.2 Å². The zero-order chi connectivity index (χ0) is 25.4.